The van der Waals surface area contributed by atoms with Gasteiger partial charge in [-0.2, -0.15) is 0 Å². The monoisotopic (exact) mass is 260 g/mol. The largest absolute Gasteiger partial charge is 0.309 e. The molecular formula is C17H28N2. The molecule has 1 aliphatic carbocycles. The zero-order valence-corrected chi connectivity index (χ0v) is 12.9. The minimum Gasteiger partial charge on any atom is -0.309 e. The summed E-state index contributed by atoms with van der Waals surface area (Å²) in [7, 11) is 2.22. The molecule has 1 aromatic rings. The van der Waals surface area contributed by atoms with E-state index < -0.39 is 0 Å². The van der Waals surface area contributed by atoms with Crippen molar-refractivity contribution in [3.05, 3.63) is 34.9 Å². The van der Waals surface area contributed by atoms with Gasteiger partial charge in [0.05, 0.1) is 0 Å². The highest BCUT2D eigenvalue weighted by Crippen LogP contribution is 2.31. The lowest BCUT2D eigenvalue weighted by atomic mass is 10.1. The fraction of sp³-hybridized carbons (Fsp3) is 0.647. The van der Waals surface area contributed by atoms with Crippen LogP contribution in [0.3, 0.4) is 0 Å². The van der Waals surface area contributed by atoms with Gasteiger partial charge in [0.25, 0.3) is 0 Å². The van der Waals surface area contributed by atoms with E-state index in [-0.39, 0.29) is 0 Å². The average molecular weight is 260 g/mol. The molecule has 0 bridgehead atoms. The first kappa shape index (κ1) is 14.5. The van der Waals surface area contributed by atoms with Crippen molar-refractivity contribution in [2.24, 2.45) is 0 Å². The maximum Gasteiger partial charge on any atom is 0.0326 e. The number of likely N-dealkylation sites (N-methyl/N-ethyl adjacent to an activating group) is 1. The van der Waals surface area contributed by atoms with Crippen molar-refractivity contribution in [1.82, 2.24) is 10.2 Å². The molecule has 1 N–H and O–H groups in total. The molecule has 0 aliphatic heterocycles. The van der Waals surface area contributed by atoms with Gasteiger partial charge >= 0.3 is 0 Å². The van der Waals surface area contributed by atoms with Gasteiger partial charge in [-0.05, 0) is 51.3 Å². The number of benzene rings is 1. The molecule has 0 amide bonds. The highest BCUT2D eigenvalue weighted by molar-refractivity contribution is 5.37. The molecule has 0 heterocycles. The van der Waals surface area contributed by atoms with Crippen molar-refractivity contribution in [3.63, 3.8) is 0 Å². The summed E-state index contributed by atoms with van der Waals surface area (Å²) in [6, 6.07) is 8.15. The highest BCUT2D eigenvalue weighted by atomic mass is 15.1. The Morgan fingerprint density at radius 2 is 2.21 bits per heavy atom. The van der Waals surface area contributed by atoms with E-state index in [2.05, 4.69) is 56.2 Å². The van der Waals surface area contributed by atoms with Crippen molar-refractivity contribution in [2.75, 3.05) is 20.1 Å². The summed E-state index contributed by atoms with van der Waals surface area (Å²) < 4.78 is 0. The minimum atomic E-state index is 0.570. The topological polar surface area (TPSA) is 15.3 Å². The van der Waals surface area contributed by atoms with E-state index in [1.807, 2.05) is 0 Å². The molecule has 2 unspecified atom stereocenters. The summed E-state index contributed by atoms with van der Waals surface area (Å²) in [5, 5.41) is 3.73. The Morgan fingerprint density at radius 1 is 1.42 bits per heavy atom. The summed E-state index contributed by atoms with van der Waals surface area (Å²) in [4.78, 5) is 2.44. The summed E-state index contributed by atoms with van der Waals surface area (Å²) >= 11 is 0. The van der Waals surface area contributed by atoms with Crippen LogP contribution in [0.25, 0.3) is 0 Å². The average Bonchev–Trinajstić information content (AvgIpc) is 2.80. The third-order valence-electron chi connectivity index (χ3n) is 4.58. The second kappa shape index (κ2) is 6.53. The molecule has 0 spiro atoms. The Balaban J connectivity index is 1.84. The molecule has 2 nitrogen and oxygen atoms in total. The van der Waals surface area contributed by atoms with Crippen molar-refractivity contribution >= 4 is 0 Å². The van der Waals surface area contributed by atoms with Crippen LogP contribution in [0, 0.1) is 6.92 Å². The zero-order valence-electron chi connectivity index (χ0n) is 12.9. The van der Waals surface area contributed by atoms with Gasteiger partial charge in [0.15, 0.2) is 0 Å². The predicted octanol–water partition coefficient (Wildman–Crippen LogP) is 3.30. The van der Waals surface area contributed by atoms with E-state index in [1.165, 1.54) is 30.4 Å². The smallest absolute Gasteiger partial charge is 0.0326 e. The fourth-order valence-electron chi connectivity index (χ4n) is 2.88. The summed E-state index contributed by atoms with van der Waals surface area (Å²) in [5.74, 6) is 0. The first-order valence-electron chi connectivity index (χ1n) is 7.65. The molecule has 1 aliphatic rings. The molecule has 1 aromatic carbocycles. The Hall–Kier alpha value is -0.860. The van der Waals surface area contributed by atoms with Gasteiger partial charge in [-0.25, -0.2) is 0 Å². The zero-order chi connectivity index (χ0) is 13.8. The van der Waals surface area contributed by atoms with Crippen molar-refractivity contribution in [3.8, 4) is 0 Å². The lowest BCUT2D eigenvalue weighted by molar-refractivity contribution is 0.248. The number of fused-ring (bicyclic) bond motifs is 1. The summed E-state index contributed by atoms with van der Waals surface area (Å²) in [6.07, 6.45) is 3.71. The predicted molar refractivity (Wildman–Crippen MR) is 82.6 cm³/mol. The van der Waals surface area contributed by atoms with Crippen LogP contribution in [0.1, 0.15) is 49.4 Å². The van der Waals surface area contributed by atoms with Gasteiger partial charge in [0.2, 0.25) is 0 Å². The number of hydrogen-bond acceptors (Lipinski definition) is 2. The van der Waals surface area contributed by atoms with Crippen LogP contribution < -0.4 is 5.32 Å². The van der Waals surface area contributed by atoms with Crippen molar-refractivity contribution in [1.29, 1.82) is 0 Å². The van der Waals surface area contributed by atoms with Crippen LogP contribution in [0.2, 0.25) is 0 Å². The van der Waals surface area contributed by atoms with Crippen LogP contribution in [-0.2, 0) is 6.42 Å². The molecule has 106 valence electrons. The quantitative estimate of drug-likeness (QED) is 0.844. The Bertz CT molecular complexity index is 414. The molecule has 2 rings (SSSR count). The first-order chi connectivity index (χ1) is 9.11. The van der Waals surface area contributed by atoms with Crippen LogP contribution in [0.4, 0.5) is 0 Å². The number of hydrogen-bond donors (Lipinski definition) is 1. The van der Waals surface area contributed by atoms with Gasteiger partial charge in [-0.3, -0.25) is 0 Å². The molecule has 0 aromatic heterocycles. The second-order valence-electron chi connectivity index (χ2n) is 5.99. The van der Waals surface area contributed by atoms with E-state index in [0.717, 1.165) is 13.1 Å². The number of rotatable bonds is 6. The third kappa shape index (κ3) is 3.58. The van der Waals surface area contributed by atoms with Crippen molar-refractivity contribution in [2.45, 2.75) is 52.1 Å². The molecule has 0 saturated carbocycles. The highest BCUT2D eigenvalue weighted by Gasteiger charge is 2.21. The van der Waals surface area contributed by atoms with E-state index in [9.17, 15) is 0 Å². The van der Waals surface area contributed by atoms with Crippen LogP contribution in [0.15, 0.2) is 18.2 Å². The Labute approximate surface area is 118 Å². The summed E-state index contributed by atoms with van der Waals surface area (Å²) in [5.41, 5.74) is 4.45. The number of aryl methyl sites for hydroxylation is 2. The molecule has 19 heavy (non-hydrogen) atoms. The molecule has 2 heteroatoms. The lowest BCUT2D eigenvalue weighted by Gasteiger charge is -2.24. The SMILES string of the molecule is CCC(C)N(C)CCNC1CCc2ccc(C)cc21. The Kier molecular flexibility index (Phi) is 5.00. The molecule has 0 radical (unpaired) electrons. The van der Waals surface area contributed by atoms with E-state index in [0.29, 0.717) is 12.1 Å². The fourth-order valence-corrected chi connectivity index (χ4v) is 2.88. The van der Waals surface area contributed by atoms with Gasteiger partial charge in [-0.1, -0.05) is 30.7 Å². The molecular weight excluding hydrogens is 232 g/mol. The van der Waals surface area contributed by atoms with E-state index in [4.69, 9.17) is 0 Å². The standard InChI is InChI=1S/C17H28N2/c1-5-14(3)19(4)11-10-18-17-9-8-15-7-6-13(2)12-16(15)17/h6-7,12,14,17-18H,5,8-11H2,1-4H3. The van der Waals surface area contributed by atoms with E-state index >= 15 is 0 Å². The number of nitrogens with zero attached hydrogens (tertiary/aromatic N) is 1. The van der Waals surface area contributed by atoms with Gasteiger partial charge in [0.1, 0.15) is 0 Å². The van der Waals surface area contributed by atoms with Crippen LogP contribution in [-0.4, -0.2) is 31.1 Å². The van der Waals surface area contributed by atoms with Crippen molar-refractivity contribution < 1.29 is 0 Å². The number of nitrogens with one attached hydrogen (secondary N) is 1. The lowest BCUT2D eigenvalue weighted by Crippen LogP contribution is -2.35. The second-order valence-corrected chi connectivity index (χ2v) is 5.99. The van der Waals surface area contributed by atoms with Crippen LogP contribution >= 0.6 is 0 Å². The maximum absolute atomic E-state index is 3.73. The summed E-state index contributed by atoms with van der Waals surface area (Å²) in [6.45, 7) is 8.96. The first-order valence-corrected chi connectivity index (χ1v) is 7.65. The van der Waals surface area contributed by atoms with E-state index in [1.54, 1.807) is 5.56 Å². The molecule has 0 saturated heterocycles. The normalized spacial score (nSPS) is 19.7. The van der Waals surface area contributed by atoms with Gasteiger partial charge in [-0.15, -0.1) is 0 Å². The van der Waals surface area contributed by atoms with Gasteiger partial charge < -0.3 is 10.2 Å². The molecule has 2 atom stereocenters. The Morgan fingerprint density at radius 3 is 2.95 bits per heavy atom. The minimum absolute atomic E-state index is 0.570. The molecule has 0 fully saturated rings. The third-order valence-corrected chi connectivity index (χ3v) is 4.58. The maximum atomic E-state index is 3.73. The van der Waals surface area contributed by atoms with Crippen LogP contribution in [0.5, 0.6) is 0 Å². The van der Waals surface area contributed by atoms with Gasteiger partial charge in [0, 0.05) is 25.2 Å².